The summed E-state index contributed by atoms with van der Waals surface area (Å²) < 4.78 is 5.60. The molecule has 0 heterocycles. The first-order valence-electron chi connectivity index (χ1n) is 7.20. The number of nitrogens with zero attached hydrogens (tertiary/aromatic N) is 1. The van der Waals surface area contributed by atoms with E-state index in [2.05, 4.69) is 24.4 Å². The summed E-state index contributed by atoms with van der Waals surface area (Å²) in [5.41, 5.74) is 1.11. The molecule has 0 fully saturated rings. The van der Waals surface area contributed by atoms with E-state index < -0.39 is 0 Å². The third kappa shape index (κ3) is 7.35. The fourth-order valence-electron chi connectivity index (χ4n) is 1.82. The zero-order valence-corrected chi connectivity index (χ0v) is 11.8. The fraction of sp³-hybridized carbons (Fsp3) is 0.562. The maximum atomic E-state index is 8.45. The van der Waals surface area contributed by atoms with Gasteiger partial charge in [0.25, 0.3) is 0 Å². The van der Waals surface area contributed by atoms with Gasteiger partial charge in [0.1, 0.15) is 5.75 Å². The summed E-state index contributed by atoms with van der Waals surface area (Å²) in [5.74, 6) is 0.872. The number of hydrogen-bond acceptors (Lipinski definition) is 3. The second-order valence-corrected chi connectivity index (χ2v) is 4.63. The van der Waals surface area contributed by atoms with Crippen molar-refractivity contribution < 1.29 is 4.74 Å². The van der Waals surface area contributed by atoms with Crippen LogP contribution in [0.4, 0.5) is 5.69 Å². The Morgan fingerprint density at radius 3 is 2.89 bits per heavy atom. The van der Waals surface area contributed by atoms with Crippen molar-refractivity contribution in [3.63, 3.8) is 0 Å². The van der Waals surface area contributed by atoms with Crippen LogP contribution in [-0.4, -0.2) is 13.2 Å². The second kappa shape index (κ2) is 10.3. The van der Waals surface area contributed by atoms with Gasteiger partial charge in [0, 0.05) is 24.7 Å². The highest BCUT2D eigenvalue weighted by Crippen LogP contribution is 2.17. The quantitative estimate of drug-likeness (QED) is 0.636. The van der Waals surface area contributed by atoms with E-state index >= 15 is 0 Å². The lowest BCUT2D eigenvalue weighted by Gasteiger charge is -2.09. The van der Waals surface area contributed by atoms with Crippen LogP contribution in [0.15, 0.2) is 24.3 Å². The van der Waals surface area contributed by atoms with E-state index in [0.29, 0.717) is 13.0 Å². The topological polar surface area (TPSA) is 45.0 Å². The Balaban J connectivity index is 2.25. The molecule has 0 saturated carbocycles. The lowest BCUT2D eigenvalue weighted by atomic mass is 10.2. The zero-order chi connectivity index (χ0) is 13.8. The van der Waals surface area contributed by atoms with E-state index in [9.17, 15) is 0 Å². The summed E-state index contributed by atoms with van der Waals surface area (Å²) >= 11 is 0. The van der Waals surface area contributed by atoms with Gasteiger partial charge in [0.05, 0.1) is 12.7 Å². The first-order valence-corrected chi connectivity index (χ1v) is 7.20. The van der Waals surface area contributed by atoms with E-state index in [-0.39, 0.29) is 0 Å². The molecule has 0 aliphatic heterocycles. The van der Waals surface area contributed by atoms with Crippen LogP contribution in [0.2, 0.25) is 0 Å². The summed E-state index contributed by atoms with van der Waals surface area (Å²) in [6.07, 6.45) is 6.41. The van der Waals surface area contributed by atoms with Gasteiger partial charge >= 0.3 is 0 Å². The normalized spacial score (nSPS) is 9.89. The molecule has 19 heavy (non-hydrogen) atoms. The van der Waals surface area contributed by atoms with Gasteiger partial charge in [-0.05, 0) is 25.0 Å². The van der Waals surface area contributed by atoms with E-state index in [1.807, 2.05) is 18.2 Å². The van der Waals surface area contributed by atoms with Crippen LogP contribution >= 0.6 is 0 Å². The number of rotatable bonds is 10. The third-order valence-corrected chi connectivity index (χ3v) is 2.90. The minimum Gasteiger partial charge on any atom is -0.493 e. The number of hydrogen-bond donors (Lipinski definition) is 1. The molecule has 0 aromatic heterocycles. The minimum atomic E-state index is 0.551. The smallest absolute Gasteiger partial charge is 0.121 e. The average Bonchev–Trinajstić information content (AvgIpc) is 2.44. The number of nitriles is 1. The molecule has 0 spiro atoms. The molecule has 0 atom stereocenters. The summed E-state index contributed by atoms with van der Waals surface area (Å²) in [6.45, 7) is 3.84. The standard InChI is InChI=1S/C16H24N2O/c1-2-3-4-6-12-18-15-9-8-10-16(14-15)19-13-7-5-11-17/h8-10,14,18H,2-7,12-13H2,1H3. The number of anilines is 1. The second-order valence-electron chi connectivity index (χ2n) is 4.63. The molecule has 0 unspecified atom stereocenters. The molecule has 3 heteroatoms. The molecule has 1 N–H and O–H groups in total. The zero-order valence-electron chi connectivity index (χ0n) is 11.8. The summed E-state index contributed by atoms with van der Waals surface area (Å²) in [5, 5.41) is 11.9. The van der Waals surface area contributed by atoms with Gasteiger partial charge in [-0.15, -0.1) is 0 Å². The molecule has 0 saturated heterocycles. The molecule has 104 valence electrons. The molecule has 0 radical (unpaired) electrons. The van der Waals surface area contributed by atoms with E-state index in [0.717, 1.165) is 24.4 Å². The fourth-order valence-corrected chi connectivity index (χ4v) is 1.82. The van der Waals surface area contributed by atoms with Crippen molar-refractivity contribution in [2.45, 2.75) is 45.4 Å². The summed E-state index contributed by atoms with van der Waals surface area (Å²) in [7, 11) is 0. The largest absolute Gasteiger partial charge is 0.493 e. The average molecular weight is 260 g/mol. The van der Waals surface area contributed by atoms with Crippen LogP contribution in [0.25, 0.3) is 0 Å². The van der Waals surface area contributed by atoms with Gasteiger partial charge in [-0.25, -0.2) is 0 Å². The lowest BCUT2D eigenvalue weighted by Crippen LogP contribution is -2.02. The SMILES string of the molecule is CCCCCCNc1cccc(OCCCC#N)c1. The predicted molar refractivity (Wildman–Crippen MR) is 79.4 cm³/mol. The Kier molecular flexibility index (Phi) is 8.29. The van der Waals surface area contributed by atoms with Crippen molar-refractivity contribution in [2.24, 2.45) is 0 Å². The lowest BCUT2D eigenvalue weighted by molar-refractivity contribution is 0.313. The van der Waals surface area contributed by atoms with Crippen molar-refractivity contribution in [1.29, 1.82) is 5.26 Å². The monoisotopic (exact) mass is 260 g/mol. The van der Waals surface area contributed by atoms with Gasteiger partial charge in [0.2, 0.25) is 0 Å². The van der Waals surface area contributed by atoms with Crippen molar-refractivity contribution in [2.75, 3.05) is 18.5 Å². The Bertz CT molecular complexity index is 385. The van der Waals surface area contributed by atoms with E-state index in [1.54, 1.807) is 0 Å². The molecule has 0 bridgehead atoms. The number of benzene rings is 1. The Hall–Kier alpha value is -1.69. The van der Waals surface area contributed by atoms with Crippen molar-refractivity contribution in [3.8, 4) is 11.8 Å². The van der Waals surface area contributed by atoms with Crippen LogP contribution in [0.3, 0.4) is 0 Å². The molecule has 0 amide bonds. The van der Waals surface area contributed by atoms with Gasteiger partial charge in [-0.1, -0.05) is 32.3 Å². The van der Waals surface area contributed by atoms with Gasteiger partial charge in [-0.2, -0.15) is 5.26 Å². The van der Waals surface area contributed by atoms with Crippen LogP contribution in [-0.2, 0) is 0 Å². The molecule has 3 nitrogen and oxygen atoms in total. The Morgan fingerprint density at radius 1 is 1.21 bits per heavy atom. The molecule has 0 aliphatic carbocycles. The van der Waals surface area contributed by atoms with E-state index in [4.69, 9.17) is 10.00 Å². The van der Waals surface area contributed by atoms with Gasteiger partial charge in [0.15, 0.2) is 0 Å². The number of unbranched alkanes of at least 4 members (excludes halogenated alkanes) is 4. The van der Waals surface area contributed by atoms with Crippen LogP contribution in [0.5, 0.6) is 5.75 Å². The molecular formula is C16H24N2O. The maximum Gasteiger partial charge on any atom is 0.121 e. The van der Waals surface area contributed by atoms with Gasteiger partial charge in [-0.3, -0.25) is 0 Å². The predicted octanol–water partition coefficient (Wildman–Crippen LogP) is 4.36. The van der Waals surface area contributed by atoms with Crippen molar-refractivity contribution in [3.05, 3.63) is 24.3 Å². The molecule has 0 aliphatic rings. The Morgan fingerprint density at radius 2 is 2.11 bits per heavy atom. The first-order chi connectivity index (χ1) is 9.36. The van der Waals surface area contributed by atoms with E-state index in [1.165, 1.54) is 25.7 Å². The van der Waals surface area contributed by atoms with Crippen molar-refractivity contribution >= 4 is 5.69 Å². The Labute approximate surface area is 116 Å². The van der Waals surface area contributed by atoms with Crippen LogP contribution < -0.4 is 10.1 Å². The van der Waals surface area contributed by atoms with Crippen molar-refractivity contribution in [1.82, 2.24) is 0 Å². The van der Waals surface area contributed by atoms with Crippen LogP contribution in [0, 0.1) is 11.3 Å². The highest BCUT2D eigenvalue weighted by molar-refractivity contribution is 5.48. The van der Waals surface area contributed by atoms with Gasteiger partial charge < -0.3 is 10.1 Å². The molecule has 1 aromatic rings. The minimum absolute atomic E-state index is 0.551. The highest BCUT2D eigenvalue weighted by atomic mass is 16.5. The maximum absolute atomic E-state index is 8.45. The molecule has 1 aromatic carbocycles. The summed E-state index contributed by atoms with van der Waals surface area (Å²) in [4.78, 5) is 0. The number of ether oxygens (including phenoxy) is 1. The first kappa shape index (κ1) is 15.4. The summed E-state index contributed by atoms with van der Waals surface area (Å²) in [6, 6.07) is 10.1. The molecule has 1 rings (SSSR count). The molecular weight excluding hydrogens is 236 g/mol. The van der Waals surface area contributed by atoms with Crippen LogP contribution in [0.1, 0.15) is 45.4 Å². The number of nitrogens with one attached hydrogen (secondary N) is 1. The third-order valence-electron chi connectivity index (χ3n) is 2.90. The highest BCUT2D eigenvalue weighted by Gasteiger charge is 1.97.